The minimum absolute atomic E-state index is 0.123. The summed E-state index contributed by atoms with van der Waals surface area (Å²) in [4.78, 5) is 2.73. The van der Waals surface area contributed by atoms with Crippen molar-refractivity contribution >= 4 is 0 Å². The Labute approximate surface area is 112 Å². The van der Waals surface area contributed by atoms with Crippen molar-refractivity contribution in [3.05, 3.63) is 0 Å². The normalized spacial score (nSPS) is 30.5. The van der Waals surface area contributed by atoms with Gasteiger partial charge in [-0.1, -0.05) is 26.7 Å². The number of nitrogens with zero attached hydrogens (tertiary/aromatic N) is 1. The van der Waals surface area contributed by atoms with Crippen LogP contribution in [0.2, 0.25) is 0 Å². The van der Waals surface area contributed by atoms with Crippen LogP contribution in [0.3, 0.4) is 0 Å². The Morgan fingerprint density at radius 2 is 2.00 bits per heavy atom. The lowest BCUT2D eigenvalue weighted by atomic mass is 9.87. The molecule has 0 aromatic rings. The zero-order chi connectivity index (χ0) is 13.0. The van der Waals surface area contributed by atoms with Gasteiger partial charge in [-0.05, 0) is 31.6 Å². The van der Waals surface area contributed by atoms with E-state index >= 15 is 0 Å². The zero-order valence-corrected chi connectivity index (χ0v) is 12.2. The summed E-state index contributed by atoms with van der Waals surface area (Å²) in [7, 11) is 0. The van der Waals surface area contributed by atoms with Crippen molar-refractivity contribution in [3.63, 3.8) is 0 Å². The highest BCUT2D eigenvalue weighted by Crippen LogP contribution is 2.34. The largest absolute Gasteiger partial charge is 0.379 e. The van der Waals surface area contributed by atoms with Crippen LogP contribution < -0.4 is 5.73 Å². The van der Waals surface area contributed by atoms with Gasteiger partial charge < -0.3 is 10.5 Å². The van der Waals surface area contributed by atoms with Crippen LogP contribution >= 0.6 is 0 Å². The van der Waals surface area contributed by atoms with Crippen molar-refractivity contribution in [2.24, 2.45) is 11.7 Å². The summed E-state index contributed by atoms with van der Waals surface area (Å²) < 4.78 is 5.78. The summed E-state index contributed by atoms with van der Waals surface area (Å²) in [5.41, 5.74) is 6.28. The van der Waals surface area contributed by atoms with E-state index in [-0.39, 0.29) is 5.54 Å². The lowest BCUT2D eigenvalue weighted by Gasteiger charge is -2.49. The predicted octanol–water partition coefficient (Wildman–Crippen LogP) is 2.39. The van der Waals surface area contributed by atoms with E-state index in [1.54, 1.807) is 0 Å². The van der Waals surface area contributed by atoms with Gasteiger partial charge in [0, 0.05) is 25.7 Å². The van der Waals surface area contributed by atoms with Crippen LogP contribution in [-0.2, 0) is 4.74 Å². The van der Waals surface area contributed by atoms with Crippen molar-refractivity contribution in [1.29, 1.82) is 0 Å². The summed E-state index contributed by atoms with van der Waals surface area (Å²) in [6.45, 7) is 8.31. The van der Waals surface area contributed by atoms with E-state index in [1.165, 1.54) is 45.1 Å². The van der Waals surface area contributed by atoms with Gasteiger partial charge in [-0.25, -0.2) is 0 Å². The molecule has 0 radical (unpaired) electrons. The number of hydrogen-bond donors (Lipinski definition) is 1. The predicted molar refractivity (Wildman–Crippen MR) is 75.6 cm³/mol. The first-order valence-electron chi connectivity index (χ1n) is 7.72. The van der Waals surface area contributed by atoms with Gasteiger partial charge in [-0.3, -0.25) is 4.90 Å². The second-order valence-electron chi connectivity index (χ2n) is 6.57. The third kappa shape index (κ3) is 3.06. The van der Waals surface area contributed by atoms with Crippen LogP contribution in [0, 0.1) is 5.92 Å². The average Bonchev–Trinajstić information content (AvgIpc) is 2.90. The molecule has 2 N–H and O–H groups in total. The molecule has 1 heterocycles. The molecule has 1 aliphatic heterocycles. The number of rotatable bonds is 5. The summed E-state index contributed by atoms with van der Waals surface area (Å²) >= 11 is 0. The highest BCUT2D eigenvalue weighted by atomic mass is 16.5. The maximum atomic E-state index is 6.16. The fraction of sp³-hybridized carbons (Fsp3) is 1.00. The fourth-order valence-corrected chi connectivity index (χ4v) is 3.68. The van der Waals surface area contributed by atoms with Crippen molar-refractivity contribution < 1.29 is 4.74 Å². The van der Waals surface area contributed by atoms with Crippen LogP contribution in [0.25, 0.3) is 0 Å². The Balaban J connectivity index is 2.13. The van der Waals surface area contributed by atoms with Crippen molar-refractivity contribution in [2.75, 3.05) is 26.3 Å². The molecule has 0 spiro atoms. The van der Waals surface area contributed by atoms with Gasteiger partial charge in [0.15, 0.2) is 0 Å². The van der Waals surface area contributed by atoms with E-state index in [0.29, 0.717) is 5.92 Å². The fourth-order valence-electron chi connectivity index (χ4n) is 3.68. The molecule has 1 aliphatic carbocycles. The summed E-state index contributed by atoms with van der Waals surface area (Å²) in [6, 6.07) is 0.748. The molecule has 0 aromatic heterocycles. The monoisotopic (exact) mass is 254 g/mol. The smallest absolute Gasteiger partial charge is 0.0662 e. The SMILES string of the molecule is CC(C)CN(C1CCCC1)C1(CN)CCCOC1. The molecule has 2 fully saturated rings. The Hall–Kier alpha value is -0.120. The second-order valence-corrected chi connectivity index (χ2v) is 6.57. The molecule has 1 saturated heterocycles. The van der Waals surface area contributed by atoms with Gasteiger partial charge in [0.1, 0.15) is 0 Å². The quantitative estimate of drug-likeness (QED) is 0.819. The molecule has 0 amide bonds. The summed E-state index contributed by atoms with van der Waals surface area (Å²) in [5, 5.41) is 0. The van der Waals surface area contributed by atoms with Crippen LogP contribution in [0.15, 0.2) is 0 Å². The first-order chi connectivity index (χ1) is 8.68. The first-order valence-corrected chi connectivity index (χ1v) is 7.72. The highest BCUT2D eigenvalue weighted by molar-refractivity contribution is 4.98. The van der Waals surface area contributed by atoms with Crippen molar-refractivity contribution in [1.82, 2.24) is 4.90 Å². The molecule has 3 heteroatoms. The second kappa shape index (κ2) is 6.36. The van der Waals surface area contributed by atoms with E-state index in [4.69, 9.17) is 10.5 Å². The number of nitrogens with two attached hydrogens (primary N) is 1. The maximum absolute atomic E-state index is 6.16. The Morgan fingerprint density at radius 1 is 1.28 bits per heavy atom. The van der Waals surface area contributed by atoms with E-state index < -0.39 is 0 Å². The van der Waals surface area contributed by atoms with Crippen molar-refractivity contribution in [3.8, 4) is 0 Å². The van der Waals surface area contributed by atoms with Crippen LogP contribution in [0.5, 0.6) is 0 Å². The van der Waals surface area contributed by atoms with Crippen LogP contribution in [0.4, 0.5) is 0 Å². The molecule has 0 aromatic carbocycles. The van der Waals surface area contributed by atoms with Gasteiger partial charge in [0.25, 0.3) is 0 Å². The van der Waals surface area contributed by atoms with Crippen molar-refractivity contribution in [2.45, 2.75) is 64.0 Å². The lowest BCUT2D eigenvalue weighted by Crippen LogP contribution is -2.62. The minimum Gasteiger partial charge on any atom is -0.379 e. The number of ether oxygens (including phenoxy) is 1. The molecular formula is C15H30N2O. The molecule has 3 nitrogen and oxygen atoms in total. The van der Waals surface area contributed by atoms with Gasteiger partial charge in [-0.2, -0.15) is 0 Å². The van der Waals surface area contributed by atoms with Gasteiger partial charge >= 0.3 is 0 Å². The summed E-state index contributed by atoms with van der Waals surface area (Å²) in [6.07, 6.45) is 7.87. The Bertz CT molecular complexity index is 243. The minimum atomic E-state index is 0.123. The molecule has 106 valence electrons. The van der Waals surface area contributed by atoms with E-state index in [0.717, 1.165) is 25.8 Å². The molecular weight excluding hydrogens is 224 g/mol. The van der Waals surface area contributed by atoms with Crippen LogP contribution in [-0.4, -0.2) is 42.8 Å². The topological polar surface area (TPSA) is 38.5 Å². The van der Waals surface area contributed by atoms with Crippen LogP contribution in [0.1, 0.15) is 52.4 Å². The average molecular weight is 254 g/mol. The van der Waals surface area contributed by atoms with E-state index in [2.05, 4.69) is 18.7 Å². The van der Waals surface area contributed by atoms with Gasteiger partial charge in [0.2, 0.25) is 0 Å². The highest BCUT2D eigenvalue weighted by Gasteiger charge is 2.41. The van der Waals surface area contributed by atoms with E-state index in [1.807, 2.05) is 0 Å². The Morgan fingerprint density at radius 3 is 2.50 bits per heavy atom. The van der Waals surface area contributed by atoms with Gasteiger partial charge in [0.05, 0.1) is 12.1 Å². The molecule has 1 unspecified atom stereocenters. The lowest BCUT2D eigenvalue weighted by molar-refractivity contribution is -0.0668. The maximum Gasteiger partial charge on any atom is 0.0662 e. The standard InChI is InChI=1S/C15H30N2O/c1-13(2)10-17(14-6-3-4-7-14)15(11-16)8-5-9-18-12-15/h13-14H,3-12,16H2,1-2H3. The molecule has 0 bridgehead atoms. The third-order valence-electron chi connectivity index (χ3n) is 4.62. The Kier molecular flexibility index (Phi) is 5.05. The summed E-state index contributed by atoms with van der Waals surface area (Å²) in [5.74, 6) is 0.705. The third-order valence-corrected chi connectivity index (χ3v) is 4.62. The molecule has 18 heavy (non-hydrogen) atoms. The molecule has 1 atom stereocenters. The molecule has 2 aliphatic rings. The zero-order valence-electron chi connectivity index (χ0n) is 12.2. The molecule has 2 rings (SSSR count). The molecule has 1 saturated carbocycles. The number of hydrogen-bond acceptors (Lipinski definition) is 3. The first kappa shape index (κ1) is 14.3. The van der Waals surface area contributed by atoms with E-state index in [9.17, 15) is 0 Å². The van der Waals surface area contributed by atoms with Gasteiger partial charge in [-0.15, -0.1) is 0 Å².